The summed E-state index contributed by atoms with van der Waals surface area (Å²) in [5, 5.41) is 6.36. The number of ether oxygens (including phenoxy) is 3. The van der Waals surface area contributed by atoms with Crippen LogP contribution in [0.1, 0.15) is 21.8 Å². The number of rotatable bonds is 7. The first kappa shape index (κ1) is 14.6. The molecule has 18 heavy (non-hydrogen) atoms. The van der Waals surface area contributed by atoms with Gasteiger partial charge in [0.2, 0.25) is 0 Å². The molecule has 0 saturated heterocycles. The Kier molecular flexibility index (Phi) is 5.76. The van der Waals surface area contributed by atoms with Crippen molar-refractivity contribution in [3.63, 3.8) is 0 Å². The Morgan fingerprint density at radius 2 is 2.06 bits per heavy atom. The fraction of sp³-hybridized carbons (Fsp3) is 0.636. The van der Waals surface area contributed by atoms with Gasteiger partial charge in [-0.3, -0.25) is 4.79 Å². The maximum atomic E-state index is 11.8. The van der Waals surface area contributed by atoms with E-state index in [1.165, 1.54) is 14.2 Å². The van der Waals surface area contributed by atoms with Crippen molar-refractivity contribution in [3.05, 3.63) is 17.0 Å². The van der Waals surface area contributed by atoms with Crippen molar-refractivity contribution in [2.24, 2.45) is 0 Å². The molecule has 102 valence electrons. The van der Waals surface area contributed by atoms with Crippen LogP contribution in [-0.4, -0.2) is 45.2 Å². The van der Waals surface area contributed by atoms with E-state index in [0.717, 1.165) is 0 Å². The Labute approximate surface area is 105 Å². The monoisotopic (exact) mass is 258 g/mol. The van der Waals surface area contributed by atoms with Crippen LogP contribution in [0.4, 0.5) is 0 Å². The smallest absolute Gasteiger partial charge is 0.273 e. The third kappa shape index (κ3) is 3.52. The molecule has 1 rings (SSSR count). The number of amides is 1. The first-order chi connectivity index (χ1) is 8.63. The third-order valence-corrected chi connectivity index (χ3v) is 2.47. The number of methoxy groups -OCH3 is 3. The zero-order valence-corrected chi connectivity index (χ0v) is 11.0. The Bertz CT molecular complexity index is 387. The van der Waals surface area contributed by atoms with Gasteiger partial charge in [-0.1, -0.05) is 5.16 Å². The van der Waals surface area contributed by atoms with Crippen LogP contribution >= 0.6 is 0 Å². The first-order valence-electron chi connectivity index (χ1n) is 5.41. The second kappa shape index (κ2) is 7.10. The van der Waals surface area contributed by atoms with Crippen LogP contribution in [0.15, 0.2) is 4.52 Å². The number of nitrogens with one attached hydrogen (secondary N) is 1. The van der Waals surface area contributed by atoms with E-state index in [-0.39, 0.29) is 24.8 Å². The molecule has 1 heterocycles. The molecule has 0 aliphatic heterocycles. The van der Waals surface area contributed by atoms with Gasteiger partial charge in [-0.15, -0.1) is 0 Å². The molecule has 1 aromatic heterocycles. The Morgan fingerprint density at radius 3 is 2.61 bits per heavy atom. The largest absolute Gasteiger partial charge is 0.377 e. The average Bonchev–Trinajstić information content (AvgIpc) is 2.73. The van der Waals surface area contributed by atoms with Gasteiger partial charge in [0.15, 0.2) is 17.7 Å². The first-order valence-corrected chi connectivity index (χ1v) is 5.41. The number of nitrogens with zero attached hydrogens (tertiary/aromatic N) is 1. The fourth-order valence-corrected chi connectivity index (χ4v) is 1.37. The maximum Gasteiger partial charge on any atom is 0.273 e. The van der Waals surface area contributed by atoms with Crippen molar-refractivity contribution >= 4 is 5.91 Å². The lowest BCUT2D eigenvalue weighted by atomic mass is 10.2. The van der Waals surface area contributed by atoms with Crippen LogP contribution in [0, 0.1) is 6.92 Å². The summed E-state index contributed by atoms with van der Waals surface area (Å²) in [7, 11) is 4.54. The van der Waals surface area contributed by atoms with E-state index in [0.29, 0.717) is 11.3 Å². The van der Waals surface area contributed by atoms with E-state index in [2.05, 4.69) is 10.5 Å². The quantitative estimate of drug-likeness (QED) is 0.716. The van der Waals surface area contributed by atoms with Crippen LogP contribution in [0.5, 0.6) is 0 Å². The van der Waals surface area contributed by atoms with Gasteiger partial charge >= 0.3 is 0 Å². The van der Waals surface area contributed by atoms with Crippen molar-refractivity contribution in [2.45, 2.75) is 19.8 Å². The van der Waals surface area contributed by atoms with E-state index < -0.39 is 6.29 Å². The fourth-order valence-electron chi connectivity index (χ4n) is 1.37. The predicted molar refractivity (Wildman–Crippen MR) is 62.1 cm³/mol. The highest BCUT2D eigenvalue weighted by molar-refractivity contribution is 5.93. The van der Waals surface area contributed by atoms with Crippen LogP contribution in [-0.2, 0) is 20.8 Å². The molecule has 0 aliphatic rings. The van der Waals surface area contributed by atoms with E-state index in [1.54, 1.807) is 14.0 Å². The molecule has 0 atom stereocenters. The van der Waals surface area contributed by atoms with Gasteiger partial charge in [0.05, 0.1) is 6.54 Å². The summed E-state index contributed by atoms with van der Waals surface area (Å²) in [5.41, 5.74) is 0.911. The standard InChI is InChI=1S/C11H18N2O5/c1-7-8(6-15-2)18-13-10(7)11(14)12-5-9(16-3)17-4/h9H,5-6H2,1-4H3,(H,12,14). The van der Waals surface area contributed by atoms with E-state index >= 15 is 0 Å². The topological polar surface area (TPSA) is 82.8 Å². The highest BCUT2D eigenvalue weighted by Crippen LogP contribution is 2.13. The van der Waals surface area contributed by atoms with Gasteiger partial charge < -0.3 is 24.1 Å². The van der Waals surface area contributed by atoms with Crippen molar-refractivity contribution in [2.75, 3.05) is 27.9 Å². The van der Waals surface area contributed by atoms with Gasteiger partial charge in [0.25, 0.3) is 5.91 Å². The highest BCUT2D eigenvalue weighted by atomic mass is 16.7. The van der Waals surface area contributed by atoms with Gasteiger partial charge in [-0.2, -0.15) is 0 Å². The average molecular weight is 258 g/mol. The molecule has 1 aromatic rings. The second-order valence-electron chi connectivity index (χ2n) is 3.62. The Balaban J connectivity index is 2.61. The lowest BCUT2D eigenvalue weighted by molar-refractivity contribution is -0.0974. The summed E-state index contributed by atoms with van der Waals surface area (Å²) in [6.07, 6.45) is -0.486. The van der Waals surface area contributed by atoms with Crippen molar-refractivity contribution in [1.29, 1.82) is 0 Å². The molecule has 0 saturated carbocycles. The number of carbonyl (C=O) groups is 1. The van der Waals surface area contributed by atoms with Gasteiger partial charge in [0, 0.05) is 26.9 Å². The summed E-state index contributed by atoms with van der Waals surface area (Å²) in [5.74, 6) is 0.204. The number of hydrogen-bond acceptors (Lipinski definition) is 6. The molecule has 0 aromatic carbocycles. The summed E-state index contributed by atoms with van der Waals surface area (Å²) >= 11 is 0. The Hall–Kier alpha value is -1.44. The molecule has 7 heteroatoms. The van der Waals surface area contributed by atoms with E-state index in [9.17, 15) is 4.79 Å². The lowest BCUT2D eigenvalue weighted by Crippen LogP contribution is -2.34. The number of carbonyl (C=O) groups excluding carboxylic acids is 1. The second-order valence-corrected chi connectivity index (χ2v) is 3.62. The zero-order chi connectivity index (χ0) is 13.5. The Morgan fingerprint density at radius 1 is 1.39 bits per heavy atom. The zero-order valence-electron chi connectivity index (χ0n) is 11.0. The minimum absolute atomic E-state index is 0.234. The van der Waals surface area contributed by atoms with Crippen molar-refractivity contribution < 1.29 is 23.5 Å². The molecule has 7 nitrogen and oxygen atoms in total. The van der Waals surface area contributed by atoms with Crippen LogP contribution < -0.4 is 5.32 Å². The third-order valence-electron chi connectivity index (χ3n) is 2.47. The summed E-state index contributed by atoms with van der Waals surface area (Å²) in [4.78, 5) is 11.8. The minimum atomic E-state index is -0.486. The van der Waals surface area contributed by atoms with Gasteiger partial charge in [-0.05, 0) is 6.92 Å². The molecular formula is C11H18N2O5. The normalized spacial score (nSPS) is 10.9. The highest BCUT2D eigenvalue weighted by Gasteiger charge is 2.19. The SMILES string of the molecule is COCc1onc(C(=O)NCC(OC)OC)c1C. The van der Waals surface area contributed by atoms with Crippen LogP contribution in [0.25, 0.3) is 0 Å². The predicted octanol–water partition coefficient (Wildman–Crippen LogP) is 0.478. The molecule has 1 amide bonds. The van der Waals surface area contributed by atoms with Gasteiger partial charge in [0.1, 0.15) is 6.61 Å². The van der Waals surface area contributed by atoms with E-state index in [1.807, 2.05) is 0 Å². The molecule has 0 fully saturated rings. The van der Waals surface area contributed by atoms with Crippen molar-refractivity contribution in [3.8, 4) is 0 Å². The molecule has 1 N–H and O–H groups in total. The molecule has 0 radical (unpaired) electrons. The summed E-state index contributed by atoms with van der Waals surface area (Å²) < 4.78 is 19.9. The molecule has 0 bridgehead atoms. The number of hydrogen-bond donors (Lipinski definition) is 1. The lowest BCUT2D eigenvalue weighted by Gasteiger charge is -2.13. The maximum absolute atomic E-state index is 11.8. The summed E-state index contributed by atoms with van der Waals surface area (Å²) in [6, 6.07) is 0. The van der Waals surface area contributed by atoms with Gasteiger partial charge in [-0.25, -0.2) is 0 Å². The molecule has 0 unspecified atom stereocenters. The molecule has 0 aliphatic carbocycles. The molecular weight excluding hydrogens is 240 g/mol. The van der Waals surface area contributed by atoms with Crippen LogP contribution in [0.2, 0.25) is 0 Å². The molecule has 0 spiro atoms. The minimum Gasteiger partial charge on any atom is -0.377 e. The van der Waals surface area contributed by atoms with Crippen LogP contribution in [0.3, 0.4) is 0 Å². The number of aromatic nitrogens is 1. The van der Waals surface area contributed by atoms with E-state index in [4.69, 9.17) is 18.7 Å². The van der Waals surface area contributed by atoms with Crippen molar-refractivity contribution in [1.82, 2.24) is 10.5 Å². The summed E-state index contributed by atoms with van der Waals surface area (Å²) in [6.45, 7) is 2.27.